The summed E-state index contributed by atoms with van der Waals surface area (Å²) in [6.45, 7) is 7.61. The molecule has 0 heterocycles. The van der Waals surface area contributed by atoms with E-state index in [2.05, 4.69) is 24.1 Å². The van der Waals surface area contributed by atoms with E-state index in [0.29, 0.717) is 0 Å². The number of rotatable bonds is 6. The Hall–Kier alpha value is -0.520. The summed E-state index contributed by atoms with van der Waals surface area (Å²) < 4.78 is 0. The van der Waals surface area contributed by atoms with Crippen molar-refractivity contribution >= 4 is 0 Å². The Morgan fingerprint density at radius 2 is 2.08 bits per heavy atom. The zero-order valence-electron chi connectivity index (χ0n) is 8.98. The summed E-state index contributed by atoms with van der Waals surface area (Å²) in [4.78, 5) is 0. The van der Waals surface area contributed by atoms with Gasteiger partial charge >= 0.3 is 0 Å². The lowest BCUT2D eigenvalue weighted by molar-refractivity contribution is 0.0439. The van der Waals surface area contributed by atoms with Gasteiger partial charge in [-0.2, -0.15) is 0 Å². The molecule has 76 valence electrons. The molecule has 0 spiro atoms. The van der Waals surface area contributed by atoms with Crippen molar-refractivity contribution < 1.29 is 5.11 Å². The van der Waals surface area contributed by atoms with Crippen LogP contribution in [0.4, 0.5) is 0 Å². The first kappa shape index (κ1) is 12.5. The summed E-state index contributed by atoms with van der Waals surface area (Å²) in [5.41, 5.74) is -0.563. The molecular formula is C11H21NO. The lowest BCUT2D eigenvalue weighted by atomic mass is 9.96. The minimum Gasteiger partial charge on any atom is -0.390 e. The van der Waals surface area contributed by atoms with Crippen LogP contribution in [0.3, 0.4) is 0 Å². The molecule has 0 rings (SSSR count). The Bertz CT molecular complexity index is 176. The maximum absolute atomic E-state index is 9.86. The molecule has 0 aliphatic rings. The van der Waals surface area contributed by atoms with Crippen LogP contribution >= 0.6 is 0 Å². The topological polar surface area (TPSA) is 32.3 Å². The van der Waals surface area contributed by atoms with Gasteiger partial charge in [0, 0.05) is 6.42 Å². The fraction of sp³-hybridized carbons (Fsp3) is 0.818. The van der Waals surface area contributed by atoms with Gasteiger partial charge in [0.2, 0.25) is 0 Å². The molecule has 0 saturated carbocycles. The molecule has 2 N–H and O–H groups in total. The largest absolute Gasteiger partial charge is 0.390 e. The molecule has 0 bridgehead atoms. The van der Waals surface area contributed by atoms with Gasteiger partial charge in [0.25, 0.3) is 0 Å². The second kappa shape index (κ2) is 6.94. The average molecular weight is 183 g/mol. The van der Waals surface area contributed by atoms with Crippen LogP contribution in [0.25, 0.3) is 0 Å². The SMILES string of the molecule is CC#CCCC(C)(O)CCNCC. The Kier molecular flexibility index (Phi) is 6.66. The van der Waals surface area contributed by atoms with E-state index in [1.807, 2.05) is 13.8 Å². The molecule has 0 aromatic carbocycles. The average Bonchev–Trinajstić information content (AvgIpc) is 2.05. The zero-order valence-corrected chi connectivity index (χ0v) is 8.98. The van der Waals surface area contributed by atoms with E-state index >= 15 is 0 Å². The molecule has 1 atom stereocenters. The van der Waals surface area contributed by atoms with Crippen LogP contribution in [0.5, 0.6) is 0 Å². The molecule has 0 fully saturated rings. The van der Waals surface area contributed by atoms with Crippen molar-refractivity contribution in [2.24, 2.45) is 0 Å². The molecule has 0 aromatic rings. The van der Waals surface area contributed by atoms with E-state index in [1.54, 1.807) is 0 Å². The minimum atomic E-state index is -0.563. The molecule has 0 amide bonds. The molecule has 13 heavy (non-hydrogen) atoms. The predicted octanol–water partition coefficient (Wildman–Crippen LogP) is 1.54. The highest BCUT2D eigenvalue weighted by molar-refractivity contribution is 4.96. The van der Waals surface area contributed by atoms with Crippen molar-refractivity contribution in [1.82, 2.24) is 5.32 Å². The molecule has 2 heteroatoms. The fourth-order valence-corrected chi connectivity index (χ4v) is 1.12. The predicted molar refractivity (Wildman–Crippen MR) is 56.5 cm³/mol. The summed E-state index contributed by atoms with van der Waals surface area (Å²) in [7, 11) is 0. The van der Waals surface area contributed by atoms with E-state index in [4.69, 9.17) is 0 Å². The lowest BCUT2D eigenvalue weighted by Crippen LogP contribution is -2.29. The Balaban J connectivity index is 3.57. The monoisotopic (exact) mass is 183 g/mol. The summed E-state index contributed by atoms with van der Waals surface area (Å²) in [5, 5.41) is 13.1. The molecule has 0 aromatic heterocycles. The van der Waals surface area contributed by atoms with Crippen molar-refractivity contribution in [2.45, 2.75) is 45.6 Å². The van der Waals surface area contributed by atoms with Crippen molar-refractivity contribution in [2.75, 3.05) is 13.1 Å². The van der Waals surface area contributed by atoms with E-state index < -0.39 is 5.60 Å². The van der Waals surface area contributed by atoms with Crippen LogP contribution in [0.2, 0.25) is 0 Å². The summed E-state index contributed by atoms with van der Waals surface area (Å²) >= 11 is 0. The van der Waals surface area contributed by atoms with Crippen molar-refractivity contribution in [3.63, 3.8) is 0 Å². The molecule has 1 unspecified atom stereocenters. The van der Waals surface area contributed by atoms with Gasteiger partial charge in [-0.15, -0.1) is 11.8 Å². The maximum Gasteiger partial charge on any atom is 0.0641 e. The van der Waals surface area contributed by atoms with Gasteiger partial charge in [0.15, 0.2) is 0 Å². The smallest absolute Gasteiger partial charge is 0.0641 e. The quantitative estimate of drug-likeness (QED) is 0.483. The van der Waals surface area contributed by atoms with Crippen LogP contribution in [-0.2, 0) is 0 Å². The molecule has 2 nitrogen and oxygen atoms in total. The lowest BCUT2D eigenvalue weighted by Gasteiger charge is -2.22. The van der Waals surface area contributed by atoms with E-state index in [-0.39, 0.29) is 0 Å². The Morgan fingerprint density at radius 3 is 2.62 bits per heavy atom. The Labute approximate surface area is 81.7 Å². The number of aliphatic hydroxyl groups is 1. The first-order chi connectivity index (χ1) is 6.12. The third-order valence-electron chi connectivity index (χ3n) is 2.06. The van der Waals surface area contributed by atoms with Crippen LogP contribution in [0, 0.1) is 11.8 Å². The second-order valence-corrected chi connectivity index (χ2v) is 3.53. The first-order valence-corrected chi connectivity index (χ1v) is 4.95. The van der Waals surface area contributed by atoms with Gasteiger partial charge < -0.3 is 10.4 Å². The standard InChI is InChI=1S/C11H21NO/c1-4-6-7-8-11(3,13)9-10-12-5-2/h12-13H,5,7-10H2,1-3H3. The number of hydrogen-bond acceptors (Lipinski definition) is 2. The highest BCUT2D eigenvalue weighted by atomic mass is 16.3. The van der Waals surface area contributed by atoms with Gasteiger partial charge in [-0.25, -0.2) is 0 Å². The van der Waals surface area contributed by atoms with Gasteiger partial charge in [-0.1, -0.05) is 6.92 Å². The molecular weight excluding hydrogens is 162 g/mol. The van der Waals surface area contributed by atoms with E-state index in [0.717, 1.165) is 32.4 Å². The highest BCUT2D eigenvalue weighted by Gasteiger charge is 2.18. The summed E-state index contributed by atoms with van der Waals surface area (Å²) in [5.74, 6) is 5.80. The minimum absolute atomic E-state index is 0.563. The summed E-state index contributed by atoms with van der Waals surface area (Å²) in [6.07, 6.45) is 2.35. The number of nitrogens with one attached hydrogen (secondary N) is 1. The third kappa shape index (κ3) is 7.83. The van der Waals surface area contributed by atoms with E-state index in [1.165, 1.54) is 0 Å². The van der Waals surface area contributed by atoms with Crippen LogP contribution < -0.4 is 5.32 Å². The molecule has 0 saturated heterocycles. The van der Waals surface area contributed by atoms with Gasteiger partial charge in [-0.3, -0.25) is 0 Å². The van der Waals surface area contributed by atoms with E-state index in [9.17, 15) is 5.11 Å². The van der Waals surface area contributed by atoms with Crippen LogP contribution in [-0.4, -0.2) is 23.8 Å². The zero-order chi connectivity index (χ0) is 10.2. The van der Waals surface area contributed by atoms with Crippen molar-refractivity contribution in [3.05, 3.63) is 0 Å². The van der Waals surface area contributed by atoms with Crippen LogP contribution in [0.1, 0.15) is 40.0 Å². The van der Waals surface area contributed by atoms with Gasteiger partial charge in [-0.05, 0) is 39.8 Å². The maximum atomic E-state index is 9.86. The highest BCUT2D eigenvalue weighted by Crippen LogP contribution is 2.15. The fourth-order valence-electron chi connectivity index (χ4n) is 1.12. The van der Waals surface area contributed by atoms with Gasteiger partial charge in [0.1, 0.15) is 0 Å². The molecule has 0 aliphatic carbocycles. The molecule has 0 aliphatic heterocycles. The first-order valence-electron chi connectivity index (χ1n) is 4.95. The Morgan fingerprint density at radius 1 is 1.38 bits per heavy atom. The number of hydrogen-bond donors (Lipinski definition) is 2. The summed E-state index contributed by atoms with van der Waals surface area (Å²) in [6, 6.07) is 0. The third-order valence-corrected chi connectivity index (χ3v) is 2.06. The van der Waals surface area contributed by atoms with Crippen molar-refractivity contribution in [1.29, 1.82) is 0 Å². The van der Waals surface area contributed by atoms with Crippen molar-refractivity contribution in [3.8, 4) is 11.8 Å². The normalized spacial score (nSPS) is 14.5. The second-order valence-electron chi connectivity index (χ2n) is 3.53. The molecule has 0 radical (unpaired) electrons. The van der Waals surface area contributed by atoms with Crippen LogP contribution in [0.15, 0.2) is 0 Å². The van der Waals surface area contributed by atoms with Gasteiger partial charge in [0.05, 0.1) is 5.60 Å².